The molecular formula is C25H33ClN2O4. The number of amides is 2. The van der Waals surface area contributed by atoms with E-state index in [-0.39, 0.29) is 23.8 Å². The quantitative estimate of drug-likeness (QED) is 0.515. The van der Waals surface area contributed by atoms with E-state index in [4.69, 9.17) is 21.1 Å². The summed E-state index contributed by atoms with van der Waals surface area (Å²) in [5.74, 6) is 1.17. The van der Waals surface area contributed by atoms with Gasteiger partial charge in [-0.15, -0.1) is 0 Å². The van der Waals surface area contributed by atoms with E-state index < -0.39 is 6.04 Å². The molecule has 2 aromatic rings. The van der Waals surface area contributed by atoms with Gasteiger partial charge in [-0.2, -0.15) is 0 Å². The average Bonchev–Trinajstić information content (AvgIpc) is 2.73. The zero-order chi connectivity index (χ0) is 23.7. The Morgan fingerprint density at radius 1 is 1.09 bits per heavy atom. The third-order valence-electron chi connectivity index (χ3n) is 4.77. The van der Waals surface area contributed by atoms with Crippen molar-refractivity contribution in [2.75, 3.05) is 13.7 Å². The minimum absolute atomic E-state index is 0.111. The highest BCUT2D eigenvalue weighted by Gasteiger charge is 2.28. The summed E-state index contributed by atoms with van der Waals surface area (Å²) in [4.78, 5) is 27.4. The molecule has 1 atom stereocenters. The number of hydrogen-bond acceptors (Lipinski definition) is 4. The molecule has 32 heavy (non-hydrogen) atoms. The van der Waals surface area contributed by atoms with Crippen molar-refractivity contribution in [2.24, 2.45) is 0 Å². The molecule has 0 aliphatic carbocycles. The maximum Gasteiger partial charge on any atom is 0.242 e. The number of hydrogen-bond donors (Lipinski definition) is 1. The first kappa shape index (κ1) is 25.5. The number of carbonyl (C=O) groups is 2. The lowest BCUT2D eigenvalue weighted by atomic mass is 10.1. The van der Waals surface area contributed by atoms with Crippen LogP contribution in [0, 0.1) is 0 Å². The summed E-state index contributed by atoms with van der Waals surface area (Å²) in [5.41, 5.74) is 0.484. The zero-order valence-corrected chi connectivity index (χ0v) is 20.2. The molecule has 0 saturated carbocycles. The summed E-state index contributed by atoms with van der Waals surface area (Å²) < 4.78 is 10.9. The van der Waals surface area contributed by atoms with E-state index in [0.717, 1.165) is 11.3 Å². The van der Waals surface area contributed by atoms with Crippen LogP contribution < -0.4 is 14.8 Å². The lowest BCUT2D eigenvalue weighted by Crippen LogP contribution is -2.52. The van der Waals surface area contributed by atoms with Crippen molar-refractivity contribution < 1.29 is 19.1 Å². The van der Waals surface area contributed by atoms with Gasteiger partial charge in [0.1, 0.15) is 17.5 Å². The third-order valence-corrected chi connectivity index (χ3v) is 5.01. The van der Waals surface area contributed by atoms with Crippen molar-refractivity contribution in [1.29, 1.82) is 0 Å². The first-order valence-corrected chi connectivity index (χ1v) is 11.1. The van der Waals surface area contributed by atoms with Crippen molar-refractivity contribution >= 4 is 23.4 Å². The Morgan fingerprint density at radius 3 is 2.34 bits per heavy atom. The maximum atomic E-state index is 13.1. The Labute approximate surface area is 195 Å². The fourth-order valence-corrected chi connectivity index (χ4v) is 3.33. The standard InChI is InChI=1S/C25H33ClN2O4/c1-18(24(30)27-25(2,3)4)28(17-19-8-6-9-20(26)16-19)23(29)10-7-15-32-22-13-11-21(31-5)12-14-22/h6,8-9,11-14,16,18H,7,10,15,17H2,1-5H3,(H,27,30)/t18-/m0/s1. The first-order chi connectivity index (χ1) is 15.1. The molecule has 0 aliphatic rings. The molecule has 0 fully saturated rings. The Morgan fingerprint density at radius 2 is 1.75 bits per heavy atom. The second-order valence-corrected chi connectivity index (χ2v) is 9.13. The van der Waals surface area contributed by atoms with Crippen LogP contribution in [0.25, 0.3) is 0 Å². The average molecular weight is 461 g/mol. The van der Waals surface area contributed by atoms with Crippen molar-refractivity contribution in [3.63, 3.8) is 0 Å². The Bertz CT molecular complexity index is 894. The lowest BCUT2D eigenvalue weighted by molar-refractivity contribution is -0.141. The second kappa shape index (κ2) is 11.8. The maximum absolute atomic E-state index is 13.1. The number of nitrogens with one attached hydrogen (secondary N) is 1. The molecule has 174 valence electrons. The van der Waals surface area contributed by atoms with Crippen LogP contribution in [-0.4, -0.2) is 42.0 Å². The molecule has 0 bridgehead atoms. The minimum atomic E-state index is -0.622. The molecule has 6 nitrogen and oxygen atoms in total. The molecule has 0 heterocycles. The van der Waals surface area contributed by atoms with Gasteiger partial charge >= 0.3 is 0 Å². The minimum Gasteiger partial charge on any atom is -0.497 e. The lowest BCUT2D eigenvalue weighted by Gasteiger charge is -2.31. The summed E-state index contributed by atoms with van der Waals surface area (Å²) in [7, 11) is 1.61. The highest BCUT2D eigenvalue weighted by Crippen LogP contribution is 2.19. The Kier molecular flexibility index (Phi) is 9.39. The molecule has 7 heteroatoms. The van der Waals surface area contributed by atoms with Crippen LogP contribution in [0.5, 0.6) is 11.5 Å². The topological polar surface area (TPSA) is 67.9 Å². The molecular weight excluding hydrogens is 428 g/mol. The molecule has 0 spiro atoms. The van der Waals surface area contributed by atoms with Gasteiger partial charge < -0.3 is 19.7 Å². The Balaban J connectivity index is 2.01. The first-order valence-electron chi connectivity index (χ1n) is 10.7. The van der Waals surface area contributed by atoms with Crippen LogP contribution in [0.1, 0.15) is 46.1 Å². The van der Waals surface area contributed by atoms with Crippen LogP contribution in [-0.2, 0) is 16.1 Å². The molecule has 2 aromatic carbocycles. The third kappa shape index (κ3) is 8.42. The smallest absolute Gasteiger partial charge is 0.242 e. The van der Waals surface area contributed by atoms with Gasteiger partial charge in [-0.3, -0.25) is 9.59 Å². The van der Waals surface area contributed by atoms with Crippen molar-refractivity contribution in [3.05, 3.63) is 59.1 Å². The van der Waals surface area contributed by atoms with Crippen LogP contribution in [0.15, 0.2) is 48.5 Å². The van der Waals surface area contributed by atoms with Crippen molar-refractivity contribution in [2.45, 2.75) is 58.7 Å². The van der Waals surface area contributed by atoms with Gasteiger partial charge in [-0.05, 0) is 76.1 Å². The number of methoxy groups -OCH3 is 1. The van der Waals surface area contributed by atoms with E-state index in [1.807, 2.05) is 63.2 Å². The fourth-order valence-electron chi connectivity index (χ4n) is 3.12. The predicted octanol–water partition coefficient (Wildman–Crippen LogP) is 4.84. The summed E-state index contributed by atoms with van der Waals surface area (Å²) in [6, 6.07) is 14.0. The molecule has 2 amide bonds. The number of halogens is 1. The Hall–Kier alpha value is -2.73. The van der Waals surface area contributed by atoms with E-state index in [1.54, 1.807) is 25.0 Å². The van der Waals surface area contributed by atoms with Gasteiger partial charge in [0, 0.05) is 23.5 Å². The summed E-state index contributed by atoms with van der Waals surface area (Å²) in [6.45, 7) is 8.19. The molecule has 2 rings (SSSR count). The van der Waals surface area contributed by atoms with Gasteiger partial charge in [-0.1, -0.05) is 23.7 Å². The zero-order valence-electron chi connectivity index (χ0n) is 19.5. The number of rotatable bonds is 10. The van der Waals surface area contributed by atoms with Crippen molar-refractivity contribution in [3.8, 4) is 11.5 Å². The molecule has 0 aliphatic heterocycles. The van der Waals surface area contributed by atoms with Gasteiger partial charge in [0.2, 0.25) is 11.8 Å². The van der Waals surface area contributed by atoms with Crippen molar-refractivity contribution in [1.82, 2.24) is 10.2 Å². The molecule has 0 saturated heterocycles. The number of carbonyl (C=O) groups excluding carboxylic acids is 2. The second-order valence-electron chi connectivity index (χ2n) is 8.69. The normalized spacial score (nSPS) is 12.1. The SMILES string of the molecule is COc1ccc(OCCCC(=O)N(Cc2cccc(Cl)c2)[C@@H](C)C(=O)NC(C)(C)C)cc1. The van der Waals surface area contributed by atoms with Gasteiger partial charge in [-0.25, -0.2) is 0 Å². The van der Waals surface area contributed by atoms with E-state index in [2.05, 4.69) is 5.32 Å². The van der Waals surface area contributed by atoms with E-state index >= 15 is 0 Å². The van der Waals surface area contributed by atoms with Crippen LogP contribution >= 0.6 is 11.6 Å². The van der Waals surface area contributed by atoms with E-state index in [0.29, 0.717) is 30.3 Å². The fraction of sp³-hybridized carbons (Fsp3) is 0.440. The highest BCUT2D eigenvalue weighted by atomic mass is 35.5. The van der Waals surface area contributed by atoms with Gasteiger partial charge in [0.05, 0.1) is 13.7 Å². The summed E-state index contributed by atoms with van der Waals surface area (Å²) in [5, 5.41) is 3.55. The monoisotopic (exact) mass is 460 g/mol. The molecule has 0 unspecified atom stereocenters. The van der Waals surface area contributed by atoms with E-state index in [9.17, 15) is 9.59 Å². The van der Waals surface area contributed by atoms with Crippen LogP contribution in [0.2, 0.25) is 5.02 Å². The number of nitrogens with zero attached hydrogens (tertiary/aromatic N) is 1. The van der Waals surface area contributed by atoms with E-state index in [1.165, 1.54) is 0 Å². The van der Waals surface area contributed by atoms with Gasteiger partial charge in [0.15, 0.2) is 0 Å². The number of benzene rings is 2. The highest BCUT2D eigenvalue weighted by molar-refractivity contribution is 6.30. The predicted molar refractivity (Wildman–Crippen MR) is 127 cm³/mol. The summed E-state index contributed by atoms with van der Waals surface area (Å²) in [6.07, 6.45) is 0.800. The largest absolute Gasteiger partial charge is 0.497 e. The number of ether oxygens (including phenoxy) is 2. The van der Waals surface area contributed by atoms with Gasteiger partial charge in [0.25, 0.3) is 0 Å². The molecule has 0 radical (unpaired) electrons. The van der Waals surface area contributed by atoms with Crippen LogP contribution in [0.4, 0.5) is 0 Å². The molecule has 1 N–H and O–H groups in total. The summed E-state index contributed by atoms with van der Waals surface area (Å²) >= 11 is 6.11. The molecule has 0 aromatic heterocycles. The van der Waals surface area contributed by atoms with Crippen LogP contribution in [0.3, 0.4) is 0 Å².